The molecule has 2 fully saturated rings. The highest BCUT2D eigenvalue weighted by atomic mass is 127. The van der Waals surface area contributed by atoms with E-state index in [4.69, 9.17) is 5.73 Å². The molecule has 0 unspecified atom stereocenters. The largest absolute Gasteiger partial charge is 0.370 e. The first kappa shape index (κ1) is 18.0. The van der Waals surface area contributed by atoms with Crippen LogP contribution in [0.3, 0.4) is 0 Å². The van der Waals surface area contributed by atoms with Gasteiger partial charge in [-0.3, -0.25) is 4.99 Å². The Balaban J connectivity index is 0.00000200. The molecule has 0 spiro atoms. The van der Waals surface area contributed by atoms with Crippen LogP contribution in [0, 0.1) is 0 Å². The molecule has 3 N–H and O–H groups in total. The fourth-order valence-corrected chi connectivity index (χ4v) is 4.25. The minimum absolute atomic E-state index is 0. The molecule has 1 saturated carbocycles. The molecule has 1 aliphatic carbocycles. The summed E-state index contributed by atoms with van der Waals surface area (Å²) >= 11 is 0. The fourth-order valence-electron chi connectivity index (χ4n) is 2.73. The summed E-state index contributed by atoms with van der Waals surface area (Å²) in [7, 11) is -3.01. The minimum Gasteiger partial charge on any atom is -0.370 e. The lowest BCUT2D eigenvalue weighted by molar-refractivity contribution is 0.411. The third kappa shape index (κ3) is 5.36. The van der Waals surface area contributed by atoms with Gasteiger partial charge in [-0.25, -0.2) is 12.7 Å². The molecule has 0 bridgehead atoms. The number of hydrogen-bond donors (Lipinski definition) is 2. The van der Waals surface area contributed by atoms with Crippen LogP contribution < -0.4 is 11.1 Å². The average Bonchev–Trinajstić information content (AvgIpc) is 2.70. The van der Waals surface area contributed by atoms with E-state index >= 15 is 0 Å². The van der Waals surface area contributed by atoms with Gasteiger partial charge in [0.2, 0.25) is 10.0 Å². The van der Waals surface area contributed by atoms with E-state index in [9.17, 15) is 8.42 Å². The van der Waals surface area contributed by atoms with Crippen molar-refractivity contribution >= 4 is 40.0 Å². The normalized spacial score (nSPS) is 24.3. The Morgan fingerprint density at radius 1 is 1.25 bits per heavy atom. The molecule has 0 amide bonds. The maximum Gasteiger partial charge on any atom is 0.214 e. The first-order valence-electron chi connectivity index (χ1n) is 7.12. The second kappa shape index (κ2) is 8.38. The molecule has 6 nitrogen and oxygen atoms in total. The number of nitrogens with two attached hydrogens (primary N) is 1. The second-order valence-electron chi connectivity index (χ2n) is 5.31. The van der Waals surface area contributed by atoms with Crippen molar-refractivity contribution in [2.24, 2.45) is 10.7 Å². The number of nitrogens with one attached hydrogen (secondary N) is 1. The molecule has 1 heterocycles. The summed E-state index contributed by atoms with van der Waals surface area (Å²) in [6.45, 7) is 1.49. The highest BCUT2D eigenvalue weighted by molar-refractivity contribution is 14.0. The van der Waals surface area contributed by atoms with Crippen molar-refractivity contribution in [1.82, 2.24) is 9.62 Å². The van der Waals surface area contributed by atoms with Crippen molar-refractivity contribution in [1.29, 1.82) is 0 Å². The Labute approximate surface area is 138 Å². The summed E-state index contributed by atoms with van der Waals surface area (Å²) in [6.07, 6.45) is 6.82. The molecule has 2 aliphatic rings. The van der Waals surface area contributed by atoms with Gasteiger partial charge in [-0.15, -0.1) is 24.0 Å². The Hall–Kier alpha value is -0.0900. The van der Waals surface area contributed by atoms with Gasteiger partial charge >= 0.3 is 0 Å². The third-order valence-electron chi connectivity index (χ3n) is 3.79. The molecule has 1 saturated heterocycles. The van der Waals surface area contributed by atoms with Crippen LogP contribution in [0.25, 0.3) is 0 Å². The van der Waals surface area contributed by atoms with Crippen LogP contribution in [0.5, 0.6) is 0 Å². The maximum absolute atomic E-state index is 11.6. The Kier molecular flexibility index (Phi) is 7.52. The summed E-state index contributed by atoms with van der Waals surface area (Å²) < 4.78 is 24.7. The van der Waals surface area contributed by atoms with E-state index < -0.39 is 10.0 Å². The monoisotopic (exact) mass is 416 g/mol. The zero-order valence-corrected chi connectivity index (χ0v) is 14.9. The van der Waals surface area contributed by atoms with E-state index in [0.29, 0.717) is 31.6 Å². The van der Waals surface area contributed by atoms with E-state index in [0.717, 1.165) is 19.3 Å². The van der Waals surface area contributed by atoms with Gasteiger partial charge in [0, 0.05) is 19.1 Å². The van der Waals surface area contributed by atoms with Crippen LogP contribution in [0.15, 0.2) is 4.99 Å². The Morgan fingerprint density at radius 2 is 1.95 bits per heavy atom. The molecule has 0 aromatic rings. The smallest absolute Gasteiger partial charge is 0.214 e. The van der Waals surface area contributed by atoms with Gasteiger partial charge in [-0.05, 0) is 19.3 Å². The first-order chi connectivity index (χ1) is 9.08. The molecule has 0 radical (unpaired) electrons. The van der Waals surface area contributed by atoms with Crippen molar-refractivity contribution in [3.05, 3.63) is 0 Å². The van der Waals surface area contributed by atoms with Gasteiger partial charge in [-0.1, -0.05) is 19.3 Å². The van der Waals surface area contributed by atoms with Crippen molar-refractivity contribution in [3.8, 4) is 0 Å². The summed E-state index contributed by atoms with van der Waals surface area (Å²) in [4.78, 5) is 4.22. The van der Waals surface area contributed by atoms with Crippen molar-refractivity contribution < 1.29 is 8.42 Å². The number of halogens is 1. The first-order valence-corrected chi connectivity index (χ1v) is 8.73. The average molecular weight is 416 g/mol. The molecule has 0 aromatic carbocycles. The van der Waals surface area contributed by atoms with E-state index in [1.807, 2.05) is 0 Å². The predicted molar refractivity (Wildman–Crippen MR) is 91.9 cm³/mol. The summed E-state index contributed by atoms with van der Waals surface area (Å²) in [5, 5.41) is 3.22. The topological polar surface area (TPSA) is 87.8 Å². The second-order valence-corrected chi connectivity index (χ2v) is 7.40. The lowest BCUT2D eigenvalue weighted by atomic mass is 9.96. The summed E-state index contributed by atoms with van der Waals surface area (Å²) in [5.74, 6) is 0.718. The number of rotatable bonds is 4. The predicted octanol–water partition coefficient (Wildman–Crippen LogP) is 0.877. The molecule has 8 heteroatoms. The molecule has 0 aromatic heterocycles. The van der Waals surface area contributed by atoms with Gasteiger partial charge in [-0.2, -0.15) is 0 Å². The maximum atomic E-state index is 11.6. The zero-order chi connectivity index (χ0) is 13.7. The Morgan fingerprint density at radius 3 is 2.55 bits per heavy atom. The van der Waals surface area contributed by atoms with Gasteiger partial charge < -0.3 is 11.1 Å². The van der Waals surface area contributed by atoms with Crippen molar-refractivity contribution in [2.45, 2.75) is 44.6 Å². The van der Waals surface area contributed by atoms with Crippen LogP contribution in [-0.4, -0.2) is 50.1 Å². The van der Waals surface area contributed by atoms with Gasteiger partial charge in [0.05, 0.1) is 12.3 Å². The van der Waals surface area contributed by atoms with E-state index in [-0.39, 0.29) is 29.7 Å². The highest BCUT2D eigenvalue weighted by Crippen LogP contribution is 2.17. The highest BCUT2D eigenvalue weighted by Gasteiger charge is 2.27. The van der Waals surface area contributed by atoms with E-state index in [2.05, 4.69) is 10.3 Å². The van der Waals surface area contributed by atoms with E-state index in [1.54, 1.807) is 0 Å². The molecule has 0 atom stereocenters. The number of guanidine groups is 1. The number of sulfonamides is 1. The lowest BCUT2D eigenvalue weighted by Crippen LogP contribution is -2.41. The minimum atomic E-state index is -3.01. The Bertz CT molecular complexity index is 421. The van der Waals surface area contributed by atoms with Crippen LogP contribution in [0.2, 0.25) is 0 Å². The van der Waals surface area contributed by atoms with Crippen molar-refractivity contribution in [2.75, 3.05) is 25.4 Å². The third-order valence-corrected chi connectivity index (χ3v) is 5.75. The van der Waals surface area contributed by atoms with Gasteiger partial charge in [0.15, 0.2) is 5.96 Å². The molecular weight excluding hydrogens is 391 g/mol. The lowest BCUT2D eigenvalue weighted by Gasteiger charge is -2.23. The van der Waals surface area contributed by atoms with Crippen LogP contribution in [-0.2, 0) is 10.0 Å². The quantitative estimate of drug-likeness (QED) is 0.405. The van der Waals surface area contributed by atoms with Crippen LogP contribution in [0.4, 0.5) is 0 Å². The molecule has 20 heavy (non-hydrogen) atoms. The summed E-state index contributed by atoms with van der Waals surface area (Å²) in [6, 6.07) is 0.438. The van der Waals surface area contributed by atoms with Crippen LogP contribution >= 0.6 is 24.0 Å². The SMILES string of the molecule is I.NC(=NCCN1CCCS1(=O)=O)NC1CCCCC1. The van der Waals surface area contributed by atoms with Crippen molar-refractivity contribution in [3.63, 3.8) is 0 Å². The standard InChI is InChI=1S/C12H24N4O2S.HI/c13-12(15-11-5-2-1-3-6-11)14-7-9-16-8-4-10-19(16,17)18;/h11H,1-10H2,(H3,13,14,15);1H. The number of nitrogens with zero attached hydrogens (tertiary/aromatic N) is 2. The summed E-state index contributed by atoms with van der Waals surface area (Å²) in [5.41, 5.74) is 5.83. The van der Waals surface area contributed by atoms with E-state index in [1.165, 1.54) is 23.6 Å². The molecule has 2 rings (SSSR count). The molecule has 1 aliphatic heterocycles. The van der Waals surface area contributed by atoms with Gasteiger partial charge in [0.1, 0.15) is 0 Å². The molecule has 118 valence electrons. The molecular formula is C12H25IN4O2S. The van der Waals surface area contributed by atoms with Crippen LogP contribution in [0.1, 0.15) is 38.5 Å². The van der Waals surface area contributed by atoms with Gasteiger partial charge in [0.25, 0.3) is 0 Å². The number of aliphatic imine (C=N–C) groups is 1. The fraction of sp³-hybridized carbons (Fsp3) is 0.917. The number of hydrogen-bond acceptors (Lipinski definition) is 3. The zero-order valence-electron chi connectivity index (χ0n) is 11.8.